The van der Waals surface area contributed by atoms with Gasteiger partial charge in [0.25, 0.3) is 0 Å². The number of hydrogen-bond donors (Lipinski definition) is 1. The second-order valence-corrected chi connectivity index (χ2v) is 6.72. The number of nitrogen functional groups attached to an aromatic ring is 1. The average Bonchev–Trinajstić information content (AvgIpc) is 2.32. The summed E-state index contributed by atoms with van der Waals surface area (Å²) in [5, 5.41) is 1.06. The molecule has 1 aromatic rings. The molecule has 0 aliphatic heterocycles. The molecule has 5 heteroatoms. The van der Waals surface area contributed by atoms with Crippen LogP contribution in [0.4, 0.5) is 5.69 Å². The Balaban J connectivity index is 2.77. The summed E-state index contributed by atoms with van der Waals surface area (Å²) in [6.07, 6.45) is 0. The molecule has 0 radical (unpaired) electrons. The molecule has 0 atom stereocenters. The molecule has 2 N–H and O–H groups in total. The van der Waals surface area contributed by atoms with E-state index < -0.39 is 0 Å². The lowest BCUT2D eigenvalue weighted by Crippen LogP contribution is -2.34. The Morgan fingerprint density at radius 2 is 1.65 bits per heavy atom. The van der Waals surface area contributed by atoms with Crippen LogP contribution in [0.25, 0.3) is 0 Å². The van der Waals surface area contributed by atoms with Gasteiger partial charge in [0.1, 0.15) is 0 Å². The summed E-state index contributed by atoms with van der Waals surface area (Å²) < 4.78 is 0. The van der Waals surface area contributed by atoms with E-state index in [2.05, 4.69) is 37.7 Å². The molecule has 0 amide bonds. The fraction of sp³-hybridized carbons (Fsp3) is 0.600. The van der Waals surface area contributed by atoms with Crippen LogP contribution in [-0.4, -0.2) is 43.5 Å². The number of anilines is 1. The standard InChI is InChI=1S/C15H25Cl2N3/c1-11(2)9-20(6-5-19(3)4)10-12-7-13(16)15(18)14(17)8-12/h7-8,11H,5-6,9-10,18H2,1-4H3. The molecule has 0 heterocycles. The number of nitrogens with zero attached hydrogens (tertiary/aromatic N) is 2. The van der Waals surface area contributed by atoms with Crippen LogP contribution in [0, 0.1) is 5.92 Å². The largest absolute Gasteiger partial charge is 0.396 e. The fourth-order valence-corrected chi connectivity index (χ4v) is 2.61. The predicted molar refractivity (Wildman–Crippen MR) is 89.5 cm³/mol. The quantitative estimate of drug-likeness (QED) is 0.780. The number of hydrogen-bond acceptors (Lipinski definition) is 3. The van der Waals surface area contributed by atoms with Crippen molar-refractivity contribution in [2.45, 2.75) is 20.4 Å². The molecule has 1 aromatic carbocycles. The van der Waals surface area contributed by atoms with Crippen LogP contribution in [0.3, 0.4) is 0 Å². The number of likely N-dealkylation sites (N-methyl/N-ethyl adjacent to an activating group) is 1. The van der Waals surface area contributed by atoms with Gasteiger partial charge in [-0.1, -0.05) is 37.0 Å². The van der Waals surface area contributed by atoms with Gasteiger partial charge in [0.15, 0.2) is 0 Å². The molecule has 0 aliphatic carbocycles. The second kappa shape index (κ2) is 8.08. The Hall–Kier alpha value is -0.480. The third-order valence-corrected chi connectivity index (χ3v) is 3.66. The second-order valence-electron chi connectivity index (χ2n) is 5.91. The summed E-state index contributed by atoms with van der Waals surface area (Å²) in [5.74, 6) is 0.622. The van der Waals surface area contributed by atoms with Crippen molar-refractivity contribution in [2.24, 2.45) is 5.92 Å². The van der Waals surface area contributed by atoms with E-state index in [1.807, 2.05) is 12.1 Å². The van der Waals surface area contributed by atoms with E-state index >= 15 is 0 Å². The topological polar surface area (TPSA) is 32.5 Å². The minimum atomic E-state index is 0.459. The van der Waals surface area contributed by atoms with E-state index in [1.54, 1.807) is 0 Å². The third kappa shape index (κ3) is 5.88. The lowest BCUT2D eigenvalue weighted by Gasteiger charge is -2.26. The first-order valence-electron chi connectivity index (χ1n) is 6.90. The van der Waals surface area contributed by atoms with E-state index in [0.29, 0.717) is 21.7 Å². The highest BCUT2D eigenvalue weighted by Gasteiger charge is 2.11. The zero-order chi connectivity index (χ0) is 15.3. The van der Waals surface area contributed by atoms with Crippen molar-refractivity contribution in [1.29, 1.82) is 0 Å². The Morgan fingerprint density at radius 3 is 2.10 bits per heavy atom. The Labute approximate surface area is 132 Å². The number of benzene rings is 1. The lowest BCUT2D eigenvalue weighted by molar-refractivity contribution is 0.212. The number of rotatable bonds is 7. The molecule has 0 aliphatic rings. The van der Waals surface area contributed by atoms with Crippen LogP contribution in [-0.2, 0) is 6.54 Å². The molecule has 0 saturated heterocycles. The summed E-state index contributed by atoms with van der Waals surface area (Å²) >= 11 is 12.2. The Morgan fingerprint density at radius 1 is 1.10 bits per heavy atom. The van der Waals surface area contributed by atoms with Crippen molar-refractivity contribution in [3.8, 4) is 0 Å². The molecule has 20 heavy (non-hydrogen) atoms. The van der Waals surface area contributed by atoms with Crippen LogP contribution >= 0.6 is 23.2 Å². The van der Waals surface area contributed by atoms with Crippen molar-refractivity contribution in [2.75, 3.05) is 39.5 Å². The first-order valence-corrected chi connectivity index (χ1v) is 7.65. The summed E-state index contributed by atoms with van der Waals surface area (Å²) in [6, 6.07) is 3.82. The van der Waals surface area contributed by atoms with Crippen molar-refractivity contribution in [3.05, 3.63) is 27.7 Å². The predicted octanol–water partition coefficient (Wildman–Crippen LogP) is 3.60. The minimum absolute atomic E-state index is 0.459. The molecule has 0 unspecified atom stereocenters. The first kappa shape index (κ1) is 17.6. The van der Waals surface area contributed by atoms with Crippen molar-refractivity contribution >= 4 is 28.9 Å². The van der Waals surface area contributed by atoms with Gasteiger partial charge in [0.2, 0.25) is 0 Å². The minimum Gasteiger partial charge on any atom is -0.396 e. The van der Waals surface area contributed by atoms with E-state index in [9.17, 15) is 0 Å². The smallest absolute Gasteiger partial charge is 0.0693 e. The van der Waals surface area contributed by atoms with Gasteiger partial charge in [-0.15, -0.1) is 0 Å². The highest BCUT2D eigenvalue weighted by Crippen LogP contribution is 2.29. The molecule has 114 valence electrons. The molecule has 0 aromatic heterocycles. The van der Waals surface area contributed by atoms with E-state index in [-0.39, 0.29) is 0 Å². The van der Waals surface area contributed by atoms with Crippen LogP contribution in [0.15, 0.2) is 12.1 Å². The normalized spacial score (nSPS) is 11.8. The van der Waals surface area contributed by atoms with Crippen LogP contribution < -0.4 is 5.73 Å². The van der Waals surface area contributed by atoms with Gasteiger partial charge < -0.3 is 10.6 Å². The molecule has 0 spiro atoms. The number of halogens is 2. The van der Waals surface area contributed by atoms with E-state index in [0.717, 1.165) is 31.7 Å². The molecule has 3 nitrogen and oxygen atoms in total. The number of nitrogens with two attached hydrogens (primary N) is 1. The maximum atomic E-state index is 6.10. The van der Waals surface area contributed by atoms with Gasteiger partial charge in [-0.3, -0.25) is 4.90 Å². The molecular weight excluding hydrogens is 293 g/mol. The maximum Gasteiger partial charge on any atom is 0.0693 e. The Kier molecular flexibility index (Phi) is 7.10. The summed E-state index contributed by atoms with van der Waals surface area (Å²) in [7, 11) is 4.18. The highest BCUT2D eigenvalue weighted by atomic mass is 35.5. The maximum absolute atomic E-state index is 6.10. The first-order chi connectivity index (χ1) is 9.29. The fourth-order valence-electron chi connectivity index (χ4n) is 2.08. The van der Waals surface area contributed by atoms with Gasteiger partial charge in [-0.25, -0.2) is 0 Å². The average molecular weight is 318 g/mol. The Bertz CT molecular complexity index is 410. The molecule has 0 fully saturated rings. The molecule has 0 saturated carbocycles. The molecule has 1 rings (SSSR count). The summed E-state index contributed by atoms with van der Waals surface area (Å²) in [6.45, 7) is 8.39. The van der Waals surface area contributed by atoms with Gasteiger partial charge in [0, 0.05) is 26.2 Å². The monoisotopic (exact) mass is 317 g/mol. The lowest BCUT2D eigenvalue weighted by atomic mass is 10.1. The molecular formula is C15H25Cl2N3. The van der Waals surface area contributed by atoms with Gasteiger partial charge in [0.05, 0.1) is 15.7 Å². The van der Waals surface area contributed by atoms with E-state index in [1.165, 1.54) is 0 Å². The summed E-state index contributed by atoms with van der Waals surface area (Å²) in [5.41, 5.74) is 7.34. The third-order valence-electron chi connectivity index (χ3n) is 3.03. The SMILES string of the molecule is CC(C)CN(CCN(C)C)Cc1cc(Cl)c(N)c(Cl)c1. The van der Waals surface area contributed by atoms with E-state index in [4.69, 9.17) is 28.9 Å². The van der Waals surface area contributed by atoms with Gasteiger partial charge >= 0.3 is 0 Å². The van der Waals surface area contributed by atoms with Crippen molar-refractivity contribution < 1.29 is 0 Å². The summed E-state index contributed by atoms with van der Waals surface area (Å²) in [4.78, 5) is 4.61. The highest BCUT2D eigenvalue weighted by molar-refractivity contribution is 6.38. The van der Waals surface area contributed by atoms with Crippen molar-refractivity contribution in [1.82, 2.24) is 9.80 Å². The van der Waals surface area contributed by atoms with Crippen molar-refractivity contribution in [3.63, 3.8) is 0 Å². The van der Waals surface area contributed by atoms with Crippen LogP contribution in [0.2, 0.25) is 10.0 Å². The van der Waals surface area contributed by atoms with Gasteiger partial charge in [-0.05, 0) is 37.7 Å². The zero-order valence-corrected chi connectivity index (χ0v) is 14.3. The van der Waals surface area contributed by atoms with Gasteiger partial charge in [-0.2, -0.15) is 0 Å². The van der Waals surface area contributed by atoms with Crippen LogP contribution in [0.1, 0.15) is 19.4 Å². The zero-order valence-electron chi connectivity index (χ0n) is 12.8. The van der Waals surface area contributed by atoms with Crippen LogP contribution in [0.5, 0.6) is 0 Å². The molecule has 0 bridgehead atoms.